The van der Waals surface area contributed by atoms with Gasteiger partial charge in [0.15, 0.2) is 5.96 Å². The van der Waals surface area contributed by atoms with Crippen molar-refractivity contribution in [2.75, 3.05) is 26.7 Å². The number of hydrogen-bond donors (Lipinski definition) is 3. The first-order valence-corrected chi connectivity index (χ1v) is 9.85. The Bertz CT molecular complexity index is 701. The molecule has 2 rings (SSSR count). The van der Waals surface area contributed by atoms with Gasteiger partial charge in [0, 0.05) is 42.1 Å². The Morgan fingerprint density at radius 1 is 1.15 bits per heavy atom. The summed E-state index contributed by atoms with van der Waals surface area (Å²) in [7, 11) is 1.74. The SMILES string of the molecule is CN=C(NCCNC(=O)c1ccc(Cl)cc1)NCC(C)Cc1cccs1. The zero-order valence-electron chi connectivity index (χ0n) is 15.1. The molecule has 0 bridgehead atoms. The Hall–Kier alpha value is -2.05. The van der Waals surface area contributed by atoms with E-state index in [0.717, 1.165) is 18.9 Å². The minimum absolute atomic E-state index is 0.115. The van der Waals surface area contributed by atoms with Crippen molar-refractivity contribution in [3.8, 4) is 0 Å². The van der Waals surface area contributed by atoms with Gasteiger partial charge in [0.2, 0.25) is 0 Å². The Morgan fingerprint density at radius 2 is 1.88 bits per heavy atom. The molecule has 1 aromatic heterocycles. The molecule has 0 saturated heterocycles. The standard InChI is InChI=1S/C19H25ClN4OS/c1-14(12-17-4-3-11-26-17)13-24-19(21-2)23-10-9-22-18(25)15-5-7-16(20)8-6-15/h3-8,11,14H,9-10,12-13H2,1-2H3,(H,22,25)(H2,21,23,24). The van der Waals surface area contributed by atoms with Gasteiger partial charge < -0.3 is 16.0 Å². The Kier molecular flexibility index (Phi) is 8.44. The van der Waals surface area contributed by atoms with Gasteiger partial charge >= 0.3 is 0 Å². The van der Waals surface area contributed by atoms with Crippen LogP contribution in [-0.4, -0.2) is 38.5 Å². The lowest BCUT2D eigenvalue weighted by Crippen LogP contribution is -2.43. The first-order chi connectivity index (χ1) is 12.6. The fourth-order valence-electron chi connectivity index (χ4n) is 2.40. The van der Waals surface area contributed by atoms with Crippen LogP contribution in [0.5, 0.6) is 0 Å². The maximum atomic E-state index is 12.0. The highest BCUT2D eigenvalue weighted by atomic mass is 35.5. The molecule has 1 atom stereocenters. The normalized spacial score (nSPS) is 12.5. The van der Waals surface area contributed by atoms with Gasteiger partial charge in [-0.25, -0.2) is 0 Å². The van der Waals surface area contributed by atoms with E-state index in [1.54, 1.807) is 42.6 Å². The predicted octanol–water partition coefficient (Wildman–Crippen LogP) is 3.18. The minimum atomic E-state index is -0.115. The second kappa shape index (κ2) is 10.8. The maximum Gasteiger partial charge on any atom is 0.251 e. The second-order valence-corrected chi connectivity index (χ2v) is 7.50. The molecule has 0 spiro atoms. The van der Waals surface area contributed by atoms with E-state index in [9.17, 15) is 4.79 Å². The number of rotatable bonds is 8. The Morgan fingerprint density at radius 3 is 2.54 bits per heavy atom. The summed E-state index contributed by atoms with van der Waals surface area (Å²) < 4.78 is 0. The molecule has 5 nitrogen and oxygen atoms in total. The van der Waals surface area contributed by atoms with E-state index in [1.165, 1.54) is 4.88 Å². The number of nitrogens with zero attached hydrogens (tertiary/aromatic N) is 1. The number of amides is 1. The maximum absolute atomic E-state index is 12.0. The third kappa shape index (κ3) is 7.06. The molecule has 0 saturated carbocycles. The molecule has 26 heavy (non-hydrogen) atoms. The molecule has 2 aromatic rings. The largest absolute Gasteiger partial charge is 0.356 e. The number of carbonyl (C=O) groups is 1. The van der Waals surface area contributed by atoms with Crippen LogP contribution in [0.4, 0.5) is 0 Å². The van der Waals surface area contributed by atoms with Gasteiger partial charge in [0.25, 0.3) is 5.91 Å². The molecule has 7 heteroatoms. The molecular weight excluding hydrogens is 368 g/mol. The molecule has 1 unspecified atom stereocenters. The number of nitrogens with one attached hydrogen (secondary N) is 3. The first-order valence-electron chi connectivity index (χ1n) is 8.59. The summed E-state index contributed by atoms with van der Waals surface area (Å²) in [6.45, 7) is 4.16. The van der Waals surface area contributed by atoms with Crippen LogP contribution in [0, 0.1) is 5.92 Å². The minimum Gasteiger partial charge on any atom is -0.356 e. The average Bonchev–Trinajstić information content (AvgIpc) is 3.14. The van der Waals surface area contributed by atoms with Gasteiger partial charge in [-0.3, -0.25) is 9.79 Å². The van der Waals surface area contributed by atoms with Crippen molar-refractivity contribution in [2.24, 2.45) is 10.9 Å². The van der Waals surface area contributed by atoms with E-state index in [4.69, 9.17) is 11.6 Å². The number of hydrogen-bond acceptors (Lipinski definition) is 3. The van der Waals surface area contributed by atoms with E-state index in [1.807, 2.05) is 0 Å². The number of carbonyl (C=O) groups excluding carboxylic acids is 1. The summed E-state index contributed by atoms with van der Waals surface area (Å²) in [6, 6.07) is 11.1. The van der Waals surface area contributed by atoms with Gasteiger partial charge in [-0.05, 0) is 48.1 Å². The predicted molar refractivity (Wildman–Crippen MR) is 110 cm³/mol. The van der Waals surface area contributed by atoms with Gasteiger partial charge in [-0.15, -0.1) is 11.3 Å². The van der Waals surface area contributed by atoms with Crippen molar-refractivity contribution < 1.29 is 4.79 Å². The highest BCUT2D eigenvalue weighted by molar-refractivity contribution is 7.09. The summed E-state index contributed by atoms with van der Waals surface area (Å²) in [6.07, 6.45) is 1.05. The molecule has 0 aliphatic carbocycles. The summed E-state index contributed by atoms with van der Waals surface area (Å²) in [5, 5.41) is 12.1. The quantitative estimate of drug-likeness (QED) is 0.367. The second-order valence-electron chi connectivity index (χ2n) is 6.03. The van der Waals surface area contributed by atoms with Crippen molar-refractivity contribution in [1.29, 1.82) is 0 Å². The van der Waals surface area contributed by atoms with Crippen LogP contribution in [0.2, 0.25) is 5.02 Å². The van der Waals surface area contributed by atoms with Crippen LogP contribution in [0.15, 0.2) is 46.8 Å². The number of guanidine groups is 1. The summed E-state index contributed by atoms with van der Waals surface area (Å²) >= 11 is 7.61. The smallest absolute Gasteiger partial charge is 0.251 e. The van der Waals surface area contributed by atoms with Crippen LogP contribution >= 0.6 is 22.9 Å². The van der Waals surface area contributed by atoms with Crippen LogP contribution in [0.1, 0.15) is 22.2 Å². The van der Waals surface area contributed by atoms with Crippen LogP contribution < -0.4 is 16.0 Å². The van der Waals surface area contributed by atoms with Gasteiger partial charge in [0.1, 0.15) is 0 Å². The average molecular weight is 393 g/mol. The number of halogens is 1. The van der Waals surface area contributed by atoms with Crippen molar-refractivity contribution in [3.05, 3.63) is 57.2 Å². The number of benzene rings is 1. The summed E-state index contributed by atoms with van der Waals surface area (Å²) in [5.74, 6) is 1.14. The van der Waals surface area contributed by atoms with Gasteiger partial charge in [0.05, 0.1) is 0 Å². The molecule has 1 amide bonds. The third-order valence-corrected chi connectivity index (χ3v) is 4.93. The lowest BCUT2D eigenvalue weighted by Gasteiger charge is -2.15. The van der Waals surface area contributed by atoms with E-state index in [-0.39, 0.29) is 5.91 Å². The summed E-state index contributed by atoms with van der Waals surface area (Å²) in [4.78, 5) is 17.6. The van der Waals surface area contributed by atoms with Gasteiger partial charge in [-0.2, -0.15) is 0 Å². The van der Waals surface area contributed by atoms with E-state index in [2.05, 4.69) is 45.4 Å². The van der Waals surface area contributed by atoms with Crippen molar-refractivity contribution in [3.63, 3.8) is 0 Å². The monoisotopic (exact) mass is 392 g/mol. The van der Waals surface area contributed by atoms with Crippen molar-refractivity contribution >= 4 is 34.8 Å². The zero-order valence-corrected chi connectivity index (χ0v) is 16.7. The lowest BCUT2D eigenvalue weighted by molar-refractivity contribution is 0.0954. The molecule has 3 N–H and O–H groups in total. The van der Waals surface area contributed by atoms with Crippen molar-refractivity contribution in [1.82, 2.24) is 16.0 Å². The van der Waals surface area contributed by atoms with Crippen LogP contribution in [0.3, 0.4) is 0 Å². The first kappa shape index (κ1) is 20.3. The fourth-order valence-corrected chi connectivity index (χ4v) is 3.39. The molecule has 1 aromatic carbocycles. The zero-order chi connectivity index (χ0) is 18.8. The Balaban J connectivity index is 1.63. The number of aliphatic imine (C=N–C) groups is 1. The summed E-state index contributed by atoms with van der Waals surface area (Å²) in [5.41, 5.74) is 0.597. The lowest BCUT2D eigenvalue weighted by atomic mass is 10.1. The van der Waals surface area contributed by atoms with Crippen molar-refractivity contribution in [2.45, 2.75) is 13.3 Å². The Labute approximate surface area is 163 Å². The van der Waals surface area contributed by atoms with Crippen LogP contribution in [0.25, 0.3) is 0 Å². The molecule has 0 aliphatic rings. The fraction of sp³-hybridized carbons (Fsp3) is 0.368. The molecule has 0 fully saturated rings. The number of thiophene rings is 1. The van der Waals surface area contributed by atoms with E-state index in [0.29, 0.717) is 29.6 Å². The van der Waals surface area contributed by atoms with Gasteiger partial charge in [-0.1, -0.05) is 24.6 Å². The molecule has 0 radical (unpaired) electrons. The topological polar surface area (TPSA) is 65.5 Å². The molecule has 0 aliphatic heterocycles. The van der Waals surface area contributed by atoms with E-state index < -0.39 is 0 Å². The highest BCUT2D eigenvalue weighted by Gasteiger charge is 2.07. The highest BCUT2D eigenvalue weighted by Crippen LogP contribution is 2.13. The molecule has 140 valence electrons. The molecular formula is C19H25ClN4OS. The van der Waals surface area contributed by atoms with Crippen LogP contribution in [-0.2, 0) is 6.42 Å². The molecule has 1 heterocycles. The van der Waals surface area contributed by atoms with E-state index >= 15 is 0 Å². The third-order valence-electron chi connectivity index (χ3n) is 3.78.